The van der Waals surface area contributed by atoms with Crippen LogP contribution in [-0.2, 0) is 4.79 Å². The number of anilines is 2. The van der Waals surface area contributed by atoms with E-state index in [9.17, 15) is 19.5 Å². The van der Waals surface area contributed by atoms with Crippen LogP contribution in [0.4, 0.5) is 16.2 Å². The van der Waals surface area contributed by atoms with Gasteiger partial charge in [0.1, 0.15) is 5.75 Å². The highest BCUT2D eigenvalue weighted by Gasteiger charge is 2.37. The Morgan fingerprint density at radius 1 is 0.765 bits per heavy atom. The molecule has 0 radical (unpaired) electrons. The molecule has 4 rings (SSSR count). The van der Waals surface area contributed by atoms with E-state index in [0.717, 1.165) is 17.5 Å². The highest BCUT2D eigenvalue weighted by atomic mass is 16.5. The van der Waals surface area contributed by atoms with E-state index in [1.807, 2.05) is 24.3 Å². The Hall–Kier alpha value is -4.13. The fraction of sp³-hybridized carbons (Fsp3) is 0.222. The molecule has 3 aromatic rings. The number of amides is 2. The second-order valence-electron chi connectivity index (χ2n) is 8.31. The van der Waals surface area contributed by atoms with Crippen molar-refractivity contribution in [1.29, 1.82) is 0 Å². The van der Waals surface area contributed by atoms with Crippen molar-refractivity contribution in [2.75, 3.05) is 17.7 Å². The topological polar surface area (TPSA) is 105 Å². The second-order valence-corrected chi connectivity index (χ2v) is 8.31. The molecule has 174 valence electrons. The quantitative estimate of drug-likeness (QED) is 0.395. The van der Waals surface area contributed by atoms with Gasteiger partial charge in [-0.05, 0) is 60.4 Å². The third-order valence-corrected chi connectivity index (χ3v) is 6.16. The van der Waals surface area contributed by atoms with Gasteiger partial charge < -0.3 is 20.5 Å². The summed E-state index contributed by atoms with van der Waals surface area (Å²) in [5.74, 6) is -1.31. The molecule has 2 atom stereocenters. The van der Waals surface area contributed by atoms with E-state index in [1.54, 1.807) is 55.6 Å². The van der Waals surface area contributed by atoms with Crippen molar-refractivity contribution in [2.45, 2.75) is 19.3 Å². The van der Waals surface area contributed by atoms with Crippen molar-refractivity contribution < 1.29 is 24.2 Å². The lowest BCUT2D eigenvalue weighted by atomic mass is 9.88. The maximum absolute atomic E-state index is 12.8. The minimum Gasteiger partial charge on any atom is -0.497 e. The molecule has 3 aromatic carbocycles. The molecule has 0 heterocycles. The van der Waals surface area contributed by atoms with Crippen LogP contribution < -0.4 is 15.4 Å². The molecule has 7 nitrogen and oxygen atoms in total. The van der Waals surface area contributed by atoms with E-state index in [-0.39, 0.29) is 11.8 Å². The van der Waals surface area contributed by atoms with Crippen LogP contribution in [-0.4, -0.2) is 30.0 Å². The predicted molar refractivity (Wildman–Crippen MR) is 130 cm³/mol. The van der Waals surface area contributed by atoms with Gasteiger partial charge in [0.05, 0.1) is 13.0 Å². The number of carbonyl (C=O) groups excluding carboxylic acids is 2. The molecule has 0 spiro atoms. The number of carboxylic acids is 1. The number of benzene rings is 3. The fourth-order valence-electron chi connectivity index (χ4n) is 4.32. The third-order valence-electron chi connectivity index (χ3n) is 6.16. The van der Waals surface area contributed by atoms with Crippen molar-refractivity contribution in [2.24, 2.45) is 11.8 Å². The number of aliphatic carboxylic acids is 1. The normalized spacial score (nSPS) is 17.1. The Morgan fingerprint density at radius 3 is 1.79 bits per heavy atom. The lowest BCUT2D eigenvalue weighted by Gasteiger charge is -2.14. The van der Waals surface area contributed by atoms with Crippen LogP contribution in [0.15, 0.2) is 72.8 Å². The molecule has 1 aliphatic rings. The van der Waals surface area contributed by atoms with E-state index in [2.05, 4.69) is 10.6 Å². The van der Waals surface area contributed by atoms with Gasteiger partial charge in [-0.25, -0.2) is 4.79 Å². The average molecular weight is 459 g/mol. The summed E-state index contributed by atoms with van der Waals surface area (Å²) in [7, 11) is 1.58. The Morgan fingerprint density at radius 2 is 1.26 bits per heavy atom. The largest absolute Gasteiger partial charge is 0.497 e. The maximum atomic E-state index is 12.8. The van der Waals surface area contributed by atoms with Gasteiger partial charge in [-0.2, -0.15) is 0 Å². The molecular formula is C27H26N2O5. The van der Waals surface area contributed by atoms with Gasteiger partial charge in [0, 0.05) is 22.9 Å². The van der Waals surface area contributed by atoms with Crippen LogP contribution in [0.3, 0.4) is 0 Å². The molecule has 3 N–H and O–H groups in total. The van der Waals surface area contributed by atoms with Gasteiger partial charge in [-0.3, -0.25) is 9.59 Å². The Bertz CT molecular complexity index is 1170. The van der Waals surface area contributed by atoms with E-state index in [1.165, 1.54) is 0 Å². The lowest BCUT2D eigenvalue weighted by molar-refractivity contribution is -0.142. The van der Waals surface area contributed by atoms with Crippen LogP contribution in [0.2, 0.25) is 0 Å². The number of hydrogen-bond donors (Lipinski definition) is 3. The zero-order chi connectivity index (χ0) is 24.1. The summed E-state index contributed by atoms with van der Waals surface area (Å²) in [5.41, 5.74) is 3.69. The first-order chi connectivity index (χ1) is 16.4. The Kier molecular flexibility index (Phi) is 6.92. The number of urea groups is 1. The summed E-state index contributed by atoms with van der Waals surface area (Å²) in [6.07, 6.45) is 1.95. The molecular weight excluding hydrogens is 432 g/mol. The molecule has 0 saturated heterocycles. The van der Waals surface area contributed by atoms with Crippen LogP contribution in [0.5, 0.6) is 5.75 Å². The monoisotopic (exact) mass is 458 g/mol. The lowest BCUT2D eigenvalue weighted by Crippen LogP contribution is -2.25. The fourth-order valence-corrected chi connectivity index (χ4v) is 4.32. The van der Waals surface area contributed by atoms with Crippen LogP contribution in [0.25, 0.3) is 11.1 Å². The minimum atomic E-state index is -0.890. The standard InChI is InChI=1S/C27H26N2O5/c1-34-22-15-13-21(14-16-22)29-27(33)28-20-11-9-18(10-12-20)17-5-7-19(8-6-17)25(30)23-3-2-4-24(23)26(31)32/h5-16,23-24H,2-4H2,1H3,(H,31,32)(H2,28,29,33)/t23-,24-/m1/s1. The number of rotatable bonds is 7. The number of ether oxygens (including phenoxy) is 1. The first-order valence-corrected chi connectivity index (χ1v) is 11.1. The molecule has 1 saturated carbocycles. The zero-order valence-corrected chi connectivity index (χ0v) is 18.8. The molecule has 0 aliphatic heterocycles. The molecule has 0 unspecified atom stereocenters. The summed E-state index contributed by atoms with van der Waals surface area (Å²) < 4.78 is 5.11. The molecule has 0 aromatic heterocycles. The summed E-state index contributed by atoms with van der Waals surface area (Å²) in [6, 6.07) is 21.3. The molecule has 7 heteroatoms. The smallest absolute Gasteiger partial charge is 0.323 e. The number of nitrogens with one attached hydrogen (secondary N) is 2. The molecule has 2 amide bonds. The number of Topliss-reactive ketones (excluding diaryl/α,β-unsaturated/α-hetero) is 1. The van der Waals surface area contributed by atoms with Gasteiger partial charge in [-0.15, -0.1) is 0 Å². The van der Waals surface area contributed by atoms with Gasteiger partial charge in [0.25, 0.3) is 0 Å². The van der Waals surface area contributed by atoms with Crippen LogP contribution in [0.1, 0.15) is 29.6 Å². The highest BCUT2D eigenvalue weighted by molar-refractivity contribution is 6.01. The van der Waals surface area contributed by atoms with Gasteiger partial charge in [0.15, 0.2) is 5.78 Å². The van der Waals surface area contributed by atoms with Crippen molar-refractivity contribution in [3.63, 3.8) is 0 Å². The van der Waals surface area contributed by atoms with Crippen molar-refractivity contribution >= 4 is 29.2 Å². The van der Waals surface area contributed by atoms with Crippen molar-refractivity contribution in [1.82, 2.24) is 0 Å². The predicted octanol–water partition coefficient (Wildman–Crippen LogP) is 5.69. The number of carboxylic acid groups (broad SMARTS) is 1. The minimum absolute atomic E-state index is 0.0983. The first kappa shape index (κ1) is 23.0. The SMILES string of the molecule is COc1ccc(NC(=O)Nc2ccc(-c3ccc(C(=O)[C@@H]4CCC[C@H]4C(=O)O)cc3)cc2)cc1. The van der Waals surface area contributed by atoms with Crippen molar-refractivity contribution in [3.05, 3.63) is 78.4 Å². The number of hydrogen-bond acceptors (Lipinski definition) is 4. The van der Waals surface area contributed by atoms with Crippen LogP contribution in [0, 0.1) is 11.8 Å². The van der Waals surface area contributed by atoms with Gasteiger partial charge in [-0.1, -0.05) is 42.8 Å². The Labute approximate surface area is 197 Å². The highest BCUT2D eigenvalue weighted by Crippen LogP contribution is 2.35. The van der Waals surface area contributed by atoms with Crippen molar-refractivity contribution in [3.8, 4) is 16.9 Å². The summed E-state index contributed by atoms with van der Waals surface area (Å²) in [6.45, 7) is 0. The molecule has 1 fully saturated rings. The van der Waals surface area contributed by atoms with E-state index in [0.29, 0.717) is 35.5 Å². The number of carbonyl (C=O) groups is 3. The van der Waals surface area contributed by atoms with E-state index >= 15 is 0 Å². The third kappa shape index (κ3) is 5.26. The van der Waals surface area contributed by atoms with E-state index < -0.39 is 17.8 Å². The summed E-state index contributed by atoms with van der Waals surface area (Å²) in [5, 5.41) is 14.9. The van der Waals surface area contributed by atoms with E-state index in [4.69, 9.17) is 4.74 Å². The van der Waals surface area contributed by atoms with Gasteiger partial charge in [0.2, 0.25) is 0 Å². The maximum Gasteiger partial charge on any atom is 0.323 e. The second kappa shape index (κ2) is 10.2. The number of methoxy groups -OCH3 is 1. The van der Waals surface area contributed by atoms with Crippen LogP contribution >= 0.6 is 0 Å². The summed E-state index contributed by atoms with van der Waals surface area (Å²) in [4.78, 5) is 36.5. The molecule has 1 aliphatic carbocycles. The summed E-state index contributed by atoms with van der Waals surface area (Å²) >= 11 is 0. The first-order valence-electron chi connectivity index (χ1n) is 11.1. The van der Waals surface area contributed by atoms with Gasteiger partial charge >= 0.3 is 12.0 Å². The number of ketones is 1. The molecule has 34 heavy (non-hydrogen) atoms. The zero-order valence-electron chi connectivity index (χ0n) is 18.8. The Balaban J connectivity index is 1.37. The molecule has 0 bridgehead atoms. The average Bonchev–Trinajstić information content (AvgIpc) is 3.35.